The number of halogens is 1. The Morgan fingerprint density at radius 1 is 1.09 bits per heavy atom. The number of hydrogen-bond acceptors (Lipinski definition) is 6. The first kappa shape index (κ1) is 23.0. The molecule has 0 amide bonds. The topological polar surface area (TPSA) is 65.7 Å². The van der Waals surface area contributed by atoms with Crippen LogP contribution in [-0.2, 0) is 0 Å². The average molecular weight is 482 g/mol. The first-order valence-electron chi connectivity index (χ1n) is 10.6. The number of hydrogen-bond donors (Lipinski definition) is 0. The Bertz CT molecular complexity index is 1390. The zero-order valence-electron chi connectivity index (χ0n) is 18.6. The smallest absolute Gasteiger partial charge is 0.291 e. The fourth-order valence-electron chi connectivity index (χ4n) is 3.11. The largest absolute Gasteiger partial charge is 0.493 e. The molecule has 0 bridgehead atoms. The summed E-state index contributed by atoms with van der Waals surface area (Å²) in [5.41, 5.74) is 1.61. The maximum Gasteiger partial charge on any atom is 0.291 e. The third kappa shape index (κ3) is 5.61. The number of rotatable bonds is 8. The van der Waals surface area contributed by atoms with Crippen LogP contribution >= 0.6 is 22.9 Å². The highest BCUT2D eigenvalue weighted by molar-refractivity contribution is 7.15. The van der Waals surface area contributed by atoms with Crippen LogP contribution in [0.4, 0.5) is 0 Å². The molecule has 2 aromatic carbocycles. The molecule has 0 fully saturated rings. The van der Waals surface area contributed by atoms with E-state index in [9.17, 15) is 4.79 Å². The summed E-state index contributed by atoms with van der Waals surface area (Å²) >= 11 is 7.21. The quantitative estimate of drug-likeness (QED) is 0.356. The van der Waals surface area contributed by atoms with Gasteiger partial charge in [0.1, 0.15) is 0 Å². The molecule has 4 rings (SSSR count). The van der Waals surface area contributed by atoms with Crippen LogP contribution in [0.1, 0.15) is 37.2 Å². The van der Waals surface area contributed by atoms with E-state index in [1.165, 1.54) is 15.9 Å². The van der Waals surface area contributed by atoms with Gasteiger partial charge in [0.15, 0.2) is 17.3 Å². The number of ether oxygens (including phenoxy) is 2. The summed E-state index contributed by atoms with van der Waals surface area (Å²) in [7, 11) is 1.61. The number of aromatic nitrogens is 3. The fourth-order valence-corrected chi connectivity index (χ4v) is 4.15. The summed E-state index contributed by atoms with van der Waals surface area (Å²) in [6.45, 7) is 4.94. The van der Waals surface area contributed by atoms with E-state index in [4.69, 9.17) is 21.1 Å². The van der Waals surface area contributed by atoms with Gasteiger partial charge in [0, 0.05) is 5.02 Å². The maximum absolute atomic E-state index is 12.8. The lowest BCUT2D eigenvalue weighted by atomic mass is 10.1. The van der Waals surface area contributed by atoms with Gasteiger partial charge in [-0.05, 0) is 59.9 Å². The molecular formula is C25H24ClN3O3S. The second kappa shape index (κ2) is 10.2. The lowest BCUT2D eigenvalue weighted by molar-refractivity contribution is 0.273. The molecule has 2 aromatic heterocycles. The SMILES string of the molecule is COc1cc(/C=c2\sc3nc(/C=C/c4ccc(Cl)cc4)nn3c2=O)ccc1OCCC(C)C. The highest BCUT2D eigenvalue weighted by Crippen LogP contribution is 2.28. The van der Waals surface area contributed by atoms with E-state index in [0.29, 0.717) is 44.4 Å². The summed E-state index contributed by atoms with van der Waals surface area (Å²) in [5.74, 6) is 2.37. The number of thiazole rings is 1. The van der Waals surface area contributed by atoms with Crippen LogP contribution in [0.15, 0.2) is 47.3 Å². The lowest BCUT2D eigenvalue weighted by Gasteiger charge is -2.12. The summed E-state index contributed by atoms with van der Waals surface area (Å²) < 4.78 is 13.2. The predicted octanol–water partition coefficient (Wildman–Crippen LogP) is 4.96. The van der Waals surface area contributed by atoms with E-state index in [1.807, 2.05) is 54.6 Å². The van der Waals surface area contributed by atoms with Gasteiger partial charge in [-0.3, -0.25) is 4.79 Å². The maximum atomic E-state index is 12.8. The molecule has 0 aliphatic rings. The minimum atomic E-state index is -0.204. The zero-order chi connectivity index (χ0) is 23.4. The van der Waals surface area contributed by atoms with E-state index in [2.05, 4.69) is 23.9 Å². The third-order valence-corrected chi connectivity index (χ3v) is 6.14. The Morgan fingerprint density at radius 2 is 1.85 bits per heavy atom. The average Bonchev–Trinajstić information content (AvgIpc) is 3.32. The number of methoxy groups -OCH3 is 1. The predicted molar refractivity (Wildman–Crippen MR) is 134 cm³/mol. The highest BCUT2D eigenvalue weighted by Gasteiger charge is 2.10. The van der Waals surface area contributed by atoms with Gasteiger partial charge >= 0.3 is 0 Å². The van der Waals surface area contributed by atoms with Crippen molar-refractivity contribution in [3.63, 3.8) is 0 Å². The van der Waals surface area contributed by atoms with Gasteiger partial charge in [-0.1, -0.05) is 61.1 Å². The second-order valence-corrected chi connectivity index (χ2v) is 9.35. The first-order chi connectivity index (χ1) is 15.9. The number of fused-ring (bicyclic) bond motifs is 1. The Labute approximate surface area is 200 Å². The van der Waals surface area contributed by atoms with Crippen molar-refractivity contribution in [1.82, 2.24) is 14.6 Å². The highest BCUT2D eigenvalue weighted by atomic mass is 35.5. The molecule has 0 unspecified atom stereocenters. The van der Waals surface area contributed by atoms with Crippen molar-refractivity contribution in [3.8, 4) is 11.5 Å². The Balaban J connectivity index is 1.56. The molecule has 170 valence electrons. The van der Waals surface area contributed by atoms with Gasteiger partial charge in [0.05, 0.1) is 18.2 Å². The molecule has 0 saturated heterocycles. The van der Waals surface area contributed by atoms with E-state index >= 15 is 0 Å². The van der Waals surface area contributed by atoms with Gasteiger partial charge in [0.2, 0.25) is 4.96 Å². The second-order valence-electron chi connectivity index (χ2n) is 7.91. The third-order valence-electron chi connectivity index (χ3n) is 4.93. The van der Waals surface area contributed by atoms with Crippen LogP contribution in [0.5, 0.6) is 11.5 Å². The molecule has 0 atom stereocenters. The molecule has 0 radical (unpaired) electrons. The van der Waals surface area contributed by atoms with Crippen LogP contribution in [0.25, 0.3) is 23.2 Å². The normalized spacial score (nSPS) is 12.3. The van der Waals surface area contributed by atoms with Crippen molar-refractivity contribution in [2.45, 2.75) is 20.3 Å². The number of nitrogens with zero attached hydrogens (tertiary/aromatic N) is 3. The van der Waals surface area contributed by atoms with Crippen molar-refractivity contribution < 1.29 is 9.47 Å². The molecular weight excluding hydrogens is 458 g/mol. The van der Waals surface area contributed by atoms with Crippen LogP contribution in [0, 0.1) is 5.92 Å². The van der Waals surface area contributed by atoms with Gasteiger partial charge in [-0.15, -0.1) is 5.10 Å². The Kier molecular flexibility index (Phi) is 7.11. The number of benzene rings is 2. The van der Waals surface area contributed by atoms with E-state index in [-0.39, 0.29) is 5.56 Å². The molecule has 0 aliphatic heterocycles. The fraction of sp³-hybridized carbons (Fsp3) is 0.240. The molecule has 0 spiro atoms. The van der Waals surface area contributed by atoms with Crippen molar-refractivity contribution in [3.05, 3.63) is 79.3 Å². The standard InChI is InChI=1S/C25H24ClN3O3S/c1-16(2)12-13-32-20-10-6-18(14-21(20)31-3)15-22-24(30)29-25(33-22)27-23(28-29)11-7-17-4-8-19(26)9-5-17/h4-11,14-16H,12-13H2,1-3H3/b11-7+,22-15-. The van der Waals surface area contributed by atoms with Crippen molar-refractivity contribution in [2.75, 3.05) is 13.7 Å². The van der Waals surface area contributed by atoms with Crippen LogP contribution in [0.3, 0.4) is 0 Å². The van der Waals surface area contributed by atoms with Gasteiger partial charge in [-0.2, -0.15) is 9.50 Å². The van der Waals surface area contributed by atoms with E-state index in [0.717, 1.165) is 17.5 Å². The van der Waals surface area contributed by atoms with Gasteiger partial charge in [0.25, 0.3) is 5.56 Å². The minimum absolute atomic E-state index is 0.204. The van der Waals surface area contributed by atoms with Crippen molar-refractivity contribution in [2.24, 2.45) is 5.92 Å². The molecule has 0 saturated carbocycles. The Hall–Kier alpha value is -3.16. The molecule has 2 heterocycles. The molecule has 0 aliphatic carbocycles. The minimum Gasteiger partial charge on any atom is -0.493 e. The Morgan fingerprint density at radius 3 is 2.55 bits per heavy atom. The zero-order valence-corrected chi connectivity index (χ0v) is 20.2. The molecule has 4 aromatic rings. The summed E-state index contributed by atoms with van der Waals surface area (Å²) in [6, 6.07) is 13.1. The molecule has 0 N–H and O–H groups in total. The van der Waals surface area contributed by atoms with Gasteiger partial charge < -0.3 is 9.47 Å². The van der Waals surface area contributed by atoms with Crippen LogP contribution < -0.4 is 19.6 Å². The first-order valence-corrected chi connectivity index (χ1v) is 11.8. The lowest BCUT2D eigenvalue weighted by Crippen LogP contribution is -2.23. The van der Waals surface area contributed by atoms with Gasteiger partial charge in [-0.25, -0.2) is 0 Å². The summed E-state index contributed by atoms with van der Waals surface area (Å²) in [4.78, 5) is 17.8. The van der Waals surface area contributed by atoms with E-state index in [1.54, 1.807) is 13.2 Å². The monoisotopic (exact) mass is 481 g/mol. The summed E-state index contributed by atoms with van der Waals surface area (Å²) in [5, 5.41) is 5.01. The molecule has 8 heteroatoms. The summed E-state index contributed by atoms with van der Waals surface area (Å²) in [6.07, 6.45) is 6.43. The van der Waals surface area contributed by atoms with Crippen molar-refractivity contribution in [1.29, 1.82) is 0 Å². The van der Waals surface area contributed by atoms with E-state index < -0.39 is 0 Å². The molecule has 6 nitrogen and oxygen atoms in total. The van der Waals surface area contributed by atoms with Crippen molar-refractivity contribution >= 4 is 46.1 Å². The van der Waals surface area contributed by atoms with Crippen LogP contribution in [0.2, 0.25) is 5.02 Å². The van der Waals surface area contributed by atoms with Crippen LogP contribution in [-0.4, -0.2) is 28.3 Å². The molecule has 33 heavy (non-hydrogen) atoms.